The number of hydrogen-bond acceptors (Lipinski definition) is 3. The second-order valence-electron chi connectivity index (χ2n) is 6.46. The van der Waals surface area contributed by atoms with E-state index in [4.69, 9.17) is 0 Å². The summed E-state index contributed by atoms with van der Waals surface area (Å²) in [6, 6.07) is 0.748. The zero-order valence-electron chi connectivity index (χ0n) is 13.8. The molecule has 0 aromatic heterocycles. The van der Waals surface area contributed by atoms with Crippen LogP contribution < -0.4 is 5.32 Å². The van der Waals surface area contributed by atoms with E-state index in [9.17, 15) is 0 Å². The summed E-state index contributed by atoms with van der Waals surface area (Å²) in [5, 5.41) is 3.57. The highest BCUT2D eigenvalue weighted by Crippen LogP contribution is 2.28. The molecule has 1 aliphatic rings. The Labute approximate surface area is 120 Å². The van der Waals surface area contributed by atoms with Gasteiger partial charge in [-0.2, -0.15) is 0 Å². The van der Waals surface area contributed by atoms with Crippen molar-refractivity contribution in [1.82, 2.24) is 15.1 Å². The van der Waals surface area contributed by atoms with Crippen molar-refractivity contribution >= 4 is 0 Å². The molecule has 3 heteroatoms. The van der Waals surface area contributed by atoms with E-state index in [1.807, 2.05) is 0 Å². The van der Waals surface area contributed by atoms with Gasteiger partial charge in [-0.15, -0.1) is 0 Å². The van der Waals surface area contributed by atoms with Crippen molar-refractivity contribution in [2.45, 2.75) is 52.5 Å². The summed E-state index contributed by atoms with van der Waals surface area (Å²) in [5.74, 6) is 0. The lowest BCUT2D eigenvalue weighted by Crippen LogP contribution is -2.50. The molecule has 1 atom stereocenters. The van der Waals surface area contributed by atoms with Crippen LogP contribution in [-0.2, 0) is 0 Å². The molecule has 19 heavy (non-hydrogen) atoms. The smallest absolute Gasteiger partial charge is 0.0220 e. The van der Waals surface area contributed by atoms with Crippen LogP contribution in [0, 0.1) is 5.41 Å². The highest BCUT2D eigenvalue weighted by Gasteiger charge is 2.30. The maximum atomic E-state index is 3.57. The maximum Gasteiger partial charge on any atom is 0.0220 e. The zero-order valence-corrected chi connectivity index (χ0v) is 13.8. The molecule has 0 radical (unpaired) electrons. The van der Waals surface area contributed by atoms with Crippen LogP contribution in [0.3, 0.4) is 0 Å². The van der Waals surface area contributed by atoms with Gasteiger partial charge in [0.05, 0.1) is 0 Å². The molecule has 1 fully saturated rings. The lowest BCUT2D eigenvalue weighted by atomic mass is 9.81. The SMILES string of the molecule is CCNCC(CC)(CC)CN(C)C1CCCN(C)C1. The highest BCUT2D eigenvalue weighted by molar-refractivity contribution is 4.86. The minimum absolute atomic E-state index is 0.445. The fourth-order valence-electron chi connectivity index (χ4n) is 3.33. The van der Waals surface area contributed by atoms with Crippen LogP contribution in [0.4, 0.5) is 0 Å². The molecule has 1 aliphatic heterocycles. The molecular weight excluding hydrogens is 234 g/mol. The quantitative estimate of drug-likeness (QED) is 0.730. The summed E-state index contributed by atoms with van der Waals surface area (Å²) in [7, 11) is 4.58. The van der Waals surface area contributed by atoms with Gasteiger partial charge in [-0.3, -0.25) is 0 Å². The Morgan fingerprint density at radius 1 is 1.26 bits per heavy atom. The van der Waals surface area contributed by atoms with E-state index in [0.29, 0.717) is 5.41 Å². The Bertz CT molecular complexity index is 238. The average molecular weight is 269 g/mol. The lowest BCUT2D eigenvalue weighted by molar-refractivity contribution is 0.0805. The molecule has 0 aliphatic carbocycles. The molecule has 1 heterocycles. The first-order chi connectivity index (χ1) is 9.06. The van der Waals surface area contributed by atoms with E-state index in [1.54, 1.807) is 0 Å². The number of likely N-dealkylation sites (tertiary alicyclic amines) is 1. The Morgan fingerprint density at radius 2 is 1.95 bits per heavy atom. The van der Waals surface area contributed by atoms with E-state index in [2.05, 4.69) is 50.0 Å². The van der Waals surface area contributed by atoms with Gasteiger partial charge in [0.15, 0.2) is 0 Å². The highest BCUT2D eigenvalue weighted by atomic mass is 15.2. The van der Waals surface area contributed by atoms with E-state index in [0.717, 1.165) is 19.1 Å². The topological polar surface area (TPSA) is 18.5 Å². The fraction of sp³-hybridized carbons (Fsp3) is 1.00. The molecule has 1 rings (SSSR count). The van der Waals surface area contributed by atoms with Gasteiger partial charge in [0, 0.05) is 25.7 Å². The third-order valence-corrected chi connectivity index (χ3v) is 5.06. The first-order valence-corrected chi connectivity index (χ1v) is 8.16. The largest absolute Gasteiger partial charge is 0.316 e. The number of piperidine rings is 1. The third-order valence-electron chi connectivity index (χ3n) is 5.06. The van der Waals surface area contributed by atoms with Crippen molar-refractivity contribution in [3.05, 3.63) is 0 Å². The first kappa shape index (κ1) is 16.9. The summed E-state index contributed by atoms with van der Waals surface area (Å²) >= 11 is 0. The maximum absolute atomic E-state index is 3.57. The van der Waals surface area contributed by atoms with Crippen LogP contribution >= 0.6 is 0 Å². The number of rotatable bonds is 8. The molecule has 0 aromatic rings. The van der Waals surface area contributed by atoms with Crippen molar-refractivity contribution < 1.29 is 0 Å². The van der Waals surface area contributed by atoms with Gasteiger partial charge in [-0.1, -0.05) is 20.8 Å². The summed E-state index contributed by atoms with van der Waals surface area (Å²) in [6.45, 7) is 12.9. The second kappa shape index (κ2) is 8.23. The molecule has 1 saturated heterocycles. The summed E-state index contributed by atoms with van der Waals surface area (Å²) in [4.78, 5) is 5.11. The number of nitrogens with zero attached hydrogens (tertiary/aromatic N) is 2. The van der Waals surface area contributed by atoms with Gasteiger partial charge in [0.2, 0.25) is 0 Å². The first-order valence-electron chi connectivity index (χ1n) is 8.16. The predicted molar refractivity (Wildman–Crippen MR) is 84.7 cm³/mol. The summed E-state index contributed by atoms with van der Waals surface area (Å²) < 4.78 is 0. The third kappa shape index (κ3) is 5.05. The second-order valence-corrected chi connectivity index (χ2v) is 6.46. The fourth-order valence-corrected chi connectivity index (χ4v) is 3.33. The number of hydrogen-bond donors (Lipinski definition) is 1. The Balaban J connectivity index is 2.56. The minimum atomic E-state index is 0.445. The Hall–Kier alpha value is -0.120. The van der Waals surface area contributed by atoms with Crippen LogP contribution in [-0.4, -0.2) is 62.7 Å². The van der Waals surface area contributed by atoms with Crippen molar-refractivity contribution in [3.8, 4) is 0 Å². The van der Waals surface area contributed by atoms with Gasteiger partial charge < -0.3 is 15.1 Å². The Kier molecular flexibility index (Phi) is 7.33. The van der Waals surface area contributed by atoms with Gasteiger partial charge in [0.25, 0.3) is 0 Å². The van der Waals surface area contributed by atoms with Gasteiger partial charge in [-0.25, -0.2) is 0 Å². The minimum Gasteiger partial charge on any atom is -0.316 e. The van der Waals surface area contributed by atoms with Crippen molar-refractivity contribution in [1.29, 1.82) is 0 Å². The molecule has 0 amide bonds. The summed E-state index contributed by atoms with van der Waals surface area (Å²) in [5.41, 5.74) is 0.445. The molecular formula is C16H35N3. The molecule has 1 unspecified atom stereocenters. The predicted octanol–water partition coefficient (Wildman–Crippen LogP) is 2.43. The molecule has 3 nitrogen and oxygen atoms in total. The Morgan fingerprint density at radius 3 is 2.47 bits per heavy atom. The van der Waals surface area contributed by atoms with Gasteiger partial charge in [-0.05, 0) is 58.3 Å². The van der Waals surface area contributed by atoms with E-state index in [1.165, 1.54) is 45.3 Å². The van der Waals surface area contributed by atoms with Crippen molar-refractivity contribution in [2.24, 2.45) is 5.41 Å². The van der Waals surface area contributed by atoms with Gasteiger partial charge in [0.1, 0.15) is 0 Å². The van der Waals surface area contributed by atoms with E-state index < -0.39 is 0 Å². The number of likely N-dealkylation sites (N-methyl/N-ethyl adjacent to an activating group) is 2. The van der Waals surface area contributed by atoms with Crippen molar-refractivity contribution in [2.75, 3.05) is 46.8 Å². The van der Waals surface area contributed by atoms with E-state index >= 15 is 0 Å². The van der Waals surface area contributed by atoms with E-state index in [-0.39, 0.29) is 0 Å². The average Bonchev–Trinajstić information content (AvgIpc) is 2.43. The monoisotopic (exact) mass is 269 g/mol. The molecule has 0 spiro atoms. The van der Waals surface area contributed by atoms with Crippen molar-refractivity contribution in [3.63, 3.8) is 0 Å². The lowest BCUT2D eigenvalue weighted by Gasteiger charge is -2.42. The number of nitrogens with one attached hydrogen (secondary N) is 1. The van der Waals surface area contributed by atoms with Crippen LogP contribution in [0.1, 0.15) is 46.5 Å². The van der Waals surface area contributed by atoms with Crippen LogP contribution in [0.15, 0.2) is 0 Å². The summed E-state index contributed by atoms with van der Waals surface area (Å²) in [6.07, 6.45) is 5.25. The van der Waals surface area contributed by atoms with Crippen LogP contribution in [0.2, 0.25) is 0 Å². The zero-order chi connectivity index (χ0) is 14.3. The van der Waals surface area contributed by atoms with Crippen LogP contribution in [0.5, 0.6) is 0 Å². The standard InChI is InChI=1S/C16H35N3/c1-6-16(7-2,13-17-8-3)14-19(5)15-10-9-11-18(4)12-15/h15,17H,6-14H2,1-5H3. The molecule has 0 saturated carbocycles. The molecule has 0 aromatic carbocycles. The molecule has 114 valence electrons. The normalized spacial score (nSPS) is 22.1. The molecule has 0 bridgehead atoms. The van der Waals surface area contributed by atoms with Crippen LogP contribution in [0.25, 0.3) is 0 Å². The molecule has 1 N–H and O–H groups in total. The van der Waals surface area contributed by atoms with Gasteiger partial charge >= 0.3 is 0 Å².